The predicted molar refractivity (Wildman–Crippen MR) is 65.8 cm³/mol. The summed E-state index contributed by atoms with van der Waals surface area (Å²) < 4.78 is 0. The maximum Gasteiger partial charge on any atom is 0.233 e. The van der Waals surface area contributed by atoms with Gasteiger partial charge in [0.2, 0.25) is 11.8 Å². The van der Waals surface area contributed by atoms with Crippen LogP contribution in [0, 0.1) is 11.8 Å². The lowest BCUT2D eigenvalue weighted by atomic mass is 9.61. The zero-order valence-electron chi connectivity index (χ0n) is 10.0. The van der Waals surface area contributed by atoms with Crippen LogP contribution in [0.2, 0.25) is 0 Å². The molecule has 2 amide bonds. The first-order chi connectivity index (χ1) is 8.70. The molecular formula is C15H13NO2. The minimum absolute atomic E-state index is 0.0150. The van der Waals surface area contributed by atoms with Crippen molar-refractivity contribution in [1.82, 2.24) is 4.90 Å². The van der Waals surface area contributed by atoms with E-state index in [-0.39, 0.29) is 35.5 Å². The van der Waals surface area contributed by atoms with E-state index < -0.39 is 0 Å². The highest BCUT2D eigenvalue weighted by atomic mass is 16.2. The van der Waals surface area contributed by atoms with Crippen LogP contribution in [0.25, 0.3) is 0 Å². The van der Waals surface area contributed by atoms with Gasteiger partial charge in [0, 0.05) is 18.9 Å². The first-order valence-electron chi connectivity index (χ1n) is 6.28. The molecule has 0 spiro atoms. The molecule has 2 bridgehead atoms. The fraction of sp³-hybridized carbons (Fsp3) is 0.333. The molecule has 1 aliphatic heterocycles. The van der Waals surface area contributed by atoms with Crippen LogP contribution in [-0.2, 0) is 9.59 Å². The van der Waals surface area contributed by atoms with E-state index in [0.29, 0.717) is 0 Å². The summed E-state index contributed by atoms with van der Waals surface area (Å²) in [4.78, 5) is 25.8. The summed E-state index contributed by atoms with van der Waals surface area (Å²) in [5.41, 5.74) is 2.45. The Bertz CT molecular complexity index is 553. The molecule has 0 aromatic heterocycles. The predicted octanol–water partition coefficient (Wildman–Crippen LogP) is 1.67. The van der Waals surface area contributed by atoms with E-state index in [1.54, 1.807) is 7.05 Å². The third-order valence-electron chi connectivity index (χ3n) is 4.63. The minimum atomic E-state index is -0.174. The van der Waals surface area contributed by atoms with Crippen molar-refractivity contribution in [1.29, 1.82) is 0 Å². The third-order valence-corrected chi connectivity index (χ3v) is 4.63. The molecule has 1 aromatic rings. The lowest BCUT2D eigenvalue weighted by Crippen LogP contribution is -2.36. The van der Waals surface area contributed by atoms with Crippen molar-refractivity contribution in [3.05, 3.63) is 47.5 Å². The van der Waals surface area contributed by atoms with Crippen LogP contribution < -0.4 is 0 Å². The smallest absolute Gasteiger partial charge is 0.233 e. The lowest BCUT2D eigenvalue weighted by Gasteiger charge is -2.40. The summed E-state index contributed by atoms with van der Waals surface area (Å²) in [6.45, 7) is 0. The van der Waals surface area contributed by atoms with Crippen LogP contribution in [0.3, 0.4) is 0 Å². The highest BCUT2D eigenvalue weighted by Gasteiger charge is 2.57. The first-order valence-corrected chi connectivity index (χ1v) is 6.28. The number of hydrogen-bond donors (Lipinski definition) is 0. The maximum absolute atomic E-state index is 12.2. The Kier molecular flexibility index (Phi) is 1.74. The Morgan fingerprint density at radius 1 is 0.889 bits per heavy atom. The van der Waals surface area contributed by atoms with Gasteiger partial charge in [-0.05, 0) is 11.1 Å². The summed E-state index contributed by atoms with van der Waals surface area (Å²) in [5, 5.41) is 0. The molecule has 3 nitrogen and oxygen atoms in total. The van der Waals surface area contributed by atoms with E-state index in [1.165, 1.54) is 16.0 Å². The van der Waals surface area contributed by atoms with Crippen molar-refractivity contribution in [2.24, 2.45) is 11.8 Å². The number of amides is 2. The van der Waals surface area contributed by atoms with E-state index >= 15 is 0 Å². The molecular weight excluding hydrogens is 226 g/mol. The Balaban J connectivity index is 1.95. The average molecular weight is 239 g/mol. The minimum Gasteiger partial charge on any atom is -0.285 e. The van der Waals surface area contributed by atoms with Gasteiger partial charge < -0.3 is 0 Å². The third kappa shape index (κ3) is 0.964. The number of allylic oxidation sites excluding steroid dienone is 2. The molecule has 3 heteroatoms. The quantitative estimate of drug-likeness (QED) is 0.510. The number of nitrogens with zero attached hydrogens (tertiary/aromatic N) is 1. The largest absolute Gasteiger partial charge is 0.285 e. The van der Waals surface area contributed by atoms with Crippen molar-refractivity contribution in [3.8, 4) is 0 Å². The van der Waals surface area contributed by atoms with Crippen LogP contribution >= 0.6 is 0 Å². The molecule has 18 heavy (non-hydrogen) atoms. The van der Waals surface area contributed by atoms with Crippen molar-refractivity contribution in [2.45, 2.75) is 11.8 Å². The van der Waals surface area contributed by atoms with Gasteiger partial charge in [0.25, 0.3) is 0 Å². The second kappa shape index (κ2) is 3.10. The average Bonchev–Trinajstić information content (AvgIpc) is 2.66. The van der Waals surface area contributed by atoms with Gasteiger partial charge in [-0.2, -0.15) is 0 Å². The topological polar surface area (TPSA) is 37.4 Å². The van der Waals surface area contributed by atoms with Crippen molar-refractivity contribution >= 4 is 11.8 Å². The first kappa shape index (κ1) is 10.1. The molecule has 1 heterocycles. The standard InChI is InChI=1S/C15H13NO2/c1-16-14(17)12-10-6-7-11(13(12)15(16)18)9-5-3-2-4-8(9)10/h2-7,10-13H,1H3/t10-,11+,12+,13-. The number of hydrogen-bond acceptors (Lipinski definition) is 2. The fourth-order valence-corrected chi connectivity index (χ4v) is 3.81. The molecule has 1 saturated heterocycles. The van der Waals surface area contributed by atoms with Crippen molar-refractivity contribution < 1.29 is 9.59 Å². The van der Waals surface area contributed by atoms with E-state index in [0.717, 1.165) is 0 Å². The van der Waals surface area contributed by atoms with Crippen molar-refractivity contribution in [2.75, 3.05) is 7.05 Å². The molecule has 0 saturated carbocycles. The molecule has 4 aliphatic rings. The second-order valence-corrected chi connectivity index (χ2v) is 5.35. The molecule has 4 atom stereocenters. The van der Waals surface area contributed by atoms with Crippen LogP contribution in [0.5, 0.6) is 0 Å². The SMILES string of the molecule is CN1C(=O)[C@@H]2[C@H](C1=O)[C@H]1C=C[C@@H]2c2ccccc21. The molecule has 3 aliphatic carbocycles. The highest BCUT2D eigenvalue weighted by molar-refractivity contribution is 6.06. The number of carbonyl (C=O) groups excluding carboxylic acids is 2. The second-order valence-electron chi connectivity index (χ2n) is 5.35. The molecule has 0 N–H and O–H groups in total. The number of likely N-dealkylation sites (tertiary alicyclic amines) is 1. The Hall–Kier alpha value is -1.90. The van der Waals surface area contributed by atoms with E-state index in [1.807, 2.05) is 12.1 Å². The van der Waals surface area contributed by atoms with Gasteiger partial charge >= 0.3 is 0 Å². The summed E-state index contributed by atoms with van der Waals surface area (Å²) >= 11 is 0. The summed E-state index contributed by atoms with van der Waals surface area (Å²) in [6.07, 6.45) is 4.22. The van der Waals surface area contributed by atoms with E-state index in [9.17, 15) is 9.59 Å². The van der Waals surface area contributed by atoms with Gasteiger partial charge in [0.05, 0.1) is 11.8 Å². The van der Waals surface area contributed by atoms with Crippen LogP contribution in [-0.4, -0.2) is 23.8 Å². The number of rotatable bonds is 0. The lowest BCUT2D eigenvalue weighted by molar-refractivity contribution is -0.138. The zero-order chi connectivity index (χ0) is 12.4. The molecule has 1 aromatic carbocycles. The van der Waals surface area contributed by atoms with E-state index in [4.69, 9.17) is 0 Å². The Labute approximate surface area is 105 Å². The van der Waals surface area contributed by atoms with Gasteiger partial charge in [0.1, 0.15) is 0 Å². The Morgan fingerprint density at radius 3 is 1.78 bits per heavy atom. The van der Waals surface area contributed by atoms with Crippen LogP contribution in [0.1, 0.15) is 23.0 Å². The molecule has 0 unspecified atom stereocenters. The number of benzene rings is 1. The molecule has 90 valence electrons. The van der Waals surface area contributed by atoms with Crippen molar-refractivity contribution in [3.63, 3.8) is 0 Å². The normalized spacial score (nSPS) is 35.9. The molecule has 5 rings (SSSR count). The monoisotopic (exact) mass is 239 g/mol. The fourth-order valence-electron chi connectivity index (χ4n) is 3.81. The summed E-state index contributed by atoms with van der Waals surface area (Å²) in [5.74, 6) is -0.215. The number of imide groups is 1. The van der Waals surface area contributed by atoms with Crippen LogP contribution in [0.15, 0.2) is 36.4 Å². The van der Waals surface area contributed by atoms with Gasteiger partial charge in [-0.1, -0.05) is 36.4 Å². The van der Waals surface area contributed by atoms with Crippen LogP contribution in [0.4, 0.5) is 0 Å². The Morgan fingerprint density at radius 2 is 1.33 bits per heavy atom. The number of carbonyl (C=O) groups is 2. The summed E-state index contributed by atoms with van der Waals surface area (Å²) in [6, 6.07) is 8.19. The van der Waals surface area contributed by atoms with Gasteiger partial charge in [-0.15, -0.1) is 0 Å². The highest BCUT2D eigenvalue weighted by Crippen LogP contribution is 2.55. The zero-order valence-corrected chi connectivity index (χ0v) is 10.0. The van der Waals surface area contributed by atoms with E-state index in [2.05, 4.69) is 24.3 Å². The molecule has 1 fully saturated rings. The summed E-state index contributed by atoms with van der Waals surface area (Å²) in [7, 11) is 1.60. The maximum atomic E-state index is 12.2. The molecule has 0 radical (unpaired) electrons. The van der Waals surface area contributed by atoms with Gasteiger partial charge in [0.15, 0.2) is 0 Å². The van der Waals surface area contributed by atoms with Gasteiger partial charge in [-0.25, -0.2) is 0 Å². The van der Waals surface area contributed by atoms with Gasteiger partial charge in [-0.3, -0.25) is 14.5 Å².